The van der Waals surface area contributed by atoms with E-state index in [0.29, 0.717) is 5.84 Å². The lowest BCUT2D eigenvalue weighted by Gasteiger charge is -2.34. The Bertz CT molecular complexity index is 1890. The molecule has 2 heteroatoms. The molecule has 0 amide bonds. The Morgan fingerprint density at radius 2 is 1.05 bits per heavy atom. The van der Waals surface area contributed by atoms with E-state index in [9.17, 15) is 0 Å². The third-order valence-corrected chi connectivity index (χ3v) is 8.43. The molecule has 0 atom stereocenters. The van der Waals surface area contributed by atoms with Gasteiger partial charge in [0.2, 0.25) is 0 Å². The molecule has 0 heterocycles. The quantitative estimate of drug-likeness (QED) is 0.155. The van der Waals surface area contributed by atoms with E-state index in [1.807, 2.05) is 36.4 Å². The van der Waals surface area contributed by atoms with Gasteiger partial charge in [-0.05, 0) is 51.4 Å². The molecule has 7 rings (SSSR count). The maximum Gasteiger partial charge on any atom is 0.131 e. The molecule has 6 aromatic rings. The normalized spacial score (nSPS) is 13.8. The van der Waals surface area contributed by atoms with Crippen LogP contribution in [0.3, 0.4) is 0 Å². The third kappa shape index (κ3) is 4.77. The van der Waals surface area contributed by atoms with E-state index in [1.165, 1.54) is 38.9 Å². The number of hydrogen-bond donors (Lipinski definition) is 1. The Kier molecular flexibility index (Phi) is 7.02. The van der Waals surface area contributed by atoms with Gasteiger partial charge < -0.3 is 5.73 Å². The number of benzene rings is 6. The second-order valence-electron chi connectivity index (χ2n) is 10.9. The predicted molar refractivity (Wildman–Crippen MR) is 179 cm³/mol. The molecule has 2 N–H and O–H groups in total. The molecule has 43 heavy (non-hydrogen) atoms. The largest absolute Gasteiger partial charge is 0.383 e. The van der Waals surface area contributed by atoms with Gasteiger partial charge in [0.1, 0.15) is 5.84 Å². The Morgan fingerprint density at radius 3 is 1.70 bits per heavy atom. The molecular formula is C41H32N2. The average Bonchev–Trinajstić information content (AvgIpc) is 3.39. The molecule has 0 bridgehead atoms. The number of amidine groups is 1. The highest BCUT2D eigenvalue weighted by Crippen LogP contribution is 2.56. The summed E-state index contributed by atoms with van der Waals surface area (Å²) in [4.78, 5) is 5.04. The van der Waals surface area contributed by atoms with Gasteiger partial charge in [0.05, 0.1) is 11.1 Å². The van der Waals surface area contributed by atoms with Crippen LogP contribution in [0.4, 0.5) is 0 Å². The van der Waals surface area contributed by atoms with Gasteiger partial charge in [-0.3, -0.25) is 0 Å². The Balaban J connectivity index is 1.44. The van der Waals surface area contributed by atoms with Crippen LogP contribution in [0, 0.1) is 0 Å². The van der Waals surface area contributed by atoms with Gasteiger partial charge in [0.25, 0.3) is 0 Å². The fourth-order valence-corrected chi connectivity index (χ4v) is 6.48. The second kappa shape index (κ2) is 11.4. The van der Waals surface area contributed by atoms with Crippen LogP contribution in [0.2, 0.25) is 0 Å². The molecule has 0 spiro atoms. The Labute approximate surface area is 253 Å². The van der Waals surface area contributed by atoms with Gasteiger partial charge >= 0.3 is 0 Å². The molecule has 0 radical (unpaired) electrons. The van der Waals surface area contributed by atoms with Crippen molar-refractivity contribution in [3.8, 4) is 11.1 Å². The highest BCUT2D eigenvalue weighted by Gasteiger charge is 2.45. The number of nitrogens with zero attached hydrogens (tertiary/aromatic N) is 1. The maximum atomic E-state index is 6.62. The van der Waals surface area contributed by atoms with Crippen molar-refractivity contribution in [3.05, 3.63) is 209 Å². The standard InChI is InChI=1S/C41H32N2/c42-40(31-17-6-2-7-18-31)43-39(28-27-30-15-4-1-5-16-30)32-19-14-22-34(29-32)41(33-20-8-3-9-21-33)37-25-12-10-23-35(37)36-24-11-13-26-38(36)41/h1-26,28-29H,27H2,(H2,42,43)/b39-28-. The lowest BCUT2D eigenvalue weighted by atomic mass is 9.67. The van der Waals surface area contributed by atoms with Crippen molar-refractivity contribution in [1.82, 2.24) is 0 Å². The van der Waals surface area contributed by atoms with Crippen molar-refractivity contribution in [3.63, 3.8) is 0 Å². The van der Waals surface area contributed by atoms with Crippen LogP contribution < -0.4 is 5.73 Å². The van der Waals surface area contributed by atoms with Crippen molar-refractivity contribution < 1.29 is 0 Å². The van der Waals surface area contributed by atoms with E-state index in [4.69, 9.17) is 10.7 Å². The van der Waals surface area contributed by atoms with Crippen molar-refractivity contribution in [2.24, 2.45) is 10.7 Å². The number of nitrogens with two attached hydrogens (primary N) is 1. The van der Waals surface area contributed by atoms with Crippen LogP contribution in [-0.2, 0) is 11.8 Å². The molecule has 1 aliphatic carbocycles. The van der Waals surface area contributed by atoms with E-state index in [1.54, 1.807) is 0 Å². The molecule has 2 nitrogen and oxygen atoms in total. The number of aliphatic imine (C=N–C) groups is 1. The summed E-state index contributed by atoms with van der Waals surface area (Å²) in [6, 6.07) is 57.9. The summed E-state index contributed by atoms with van der Waals surface area (Å²) in [6.07, 6.45) is 2.94. The van der Waals surface area contributed by atoms with E-state index in [2.05, 4.69) is 133 Å². The fraction of sp³-hybridized carbons (Fsp3) is 0.0488. The van der Waals surface area contributed by atoms with Crippen molar-refractivity contribution >= 4 is 11.5 Å². The fourth-order valence-electron chi connectivity index (χ4n) is 6.48. The minimum Gasteiger partial charge on any atom is -0.383 e. The lowest BCUT2D eigenvalue weighted by molar-refractivity contribution is 0.768. The zero-order valence-electron chi connectivity index (χ0n) is 23.9. The monoisotopic (exact) mass is 552 g/mol. The van der Waals surface area contributed by atoms with Crippen LogP contribution in [-0.4, -0.2) is 5.84 Å². The van der Waals surface area contributed by atoms with E-state index < -0.39 is 5.41 Å². The average molecular weight is 553 g/mol. The van der Waals surface area contributed by atoms with Gasteiger partial charge in [-0.2, -0.15) is 0 Å². The molecule has 0 aromatic heterocycles. The van der Waals surface area contributed by atoms with E-state index in [0.717, 1.165) is 23.2 Å². The Hall–Kier alpha value is -5.47. The van der Waals surface area contributed by atoms with E-state index >= 15 is 0 Å². The molecule has 0 fully saturated rings. The number of fused-ring (bicyclic) bond motifs is 3. The topological polar surface area (TPSA) is 38.4 Å². The molecule has 1 aliphatic rings. The van der Waals surface area contributed by atoms with Crippen LogP contribution >= 0.6 is 0 Å². The Morgan fingerprint density at radius 1 is 0.535 bits per heavy atom. The van der Waals surface area contributed by atoms with Crippen LogP contribution in [0.5, 0.6) is 0 Å². The lowest BCUT2D eigenvalue weighted by Crippen LogP contribution is -2.28. The molecular weight excluding hydrogens is 520 g/mol. The van der Waals surface area contributed by atoms with Gasteiger partial charge in [0, 0.05) is 11.1 Å². The highest BCUT2D eigenvalue weighted by atomic mass is 14.9. The SMILES string of the molecule is NC(=N/C(=C\Cc1ccccc1)c1cccc(C2(c3ccccc3)c3ccccc3-c3ccccc32)c1)c1ccccc1. The molecule has 0 aliphatic heterocycles. The minimum absolute atomic E-state index is 0.469. The van der Waals surface area contributed by atoms with Gasteiger partial charge in [-0.15, -0.1) is 0 Å². The van der Waals surface area contributed by atoms with Gasteiger partial charge in [-0.25, -0.2) is 4.99 Å². The predicted octanol–water partition coefficient (Wildman–Crippen LogP) is 9.04. The zero-order chi connectivity index (χ0) is 29.1. The first-order valence-electron chi connectivity index (χ1n) is 14.7. The molecule has 0 saturated heterocycles. The first-order valence-corrected chi connectivity index (χ1v) is 14.7. The molecule has 6 aromatic carbocycles. The summed E-state index contributed by atoms with van der Waals surface area (Å²) in [5, 5.41) is 0. The van der Waals surface area contributed by atoms with Crippen LogP contribution in [0.1, 0.15) is 38.9 Å². The van der Waals surface area contributed by atoms with Crippen molar-refractivity contribution in [1.29, 1.82) is 0 Å². The highest BCUT2D eigenvalue weighted by molar-refractivity contribution is 6.00. The first-order chi connectivity index (χ1) is 21.2. The van der Waals surface area contributed by atoms with E-state index in [-0.39, 0.29) is 0 Å². The van der Waals surface area contributed by atoms with Gasteiger partial charge in [0.15, 0.2) is 0 Å². The minimum atomic E-state index is -0.469. The zero-order valence-corrected chi connectivity index (χ0v) is 23.9. The van der Waals surface area contributed by atoms with Crippen molar-refractivity contribution in [2.75, 3.05) is 0 Å². The van der Waals surface area contributed by atoms with Crippen molar-refractivity contribution in [2.45, 2.75) is 11.8 Å². The first kappa shape index (κ1) is 26.4. The maximum absolute atomic E-state index is 6.62. The summed E-state index contributed by atoms with van der Waals surface area (Å²) in [6.45, 7) is 0. The van der Waals surface area contributed by atoms with Crippen LogP contribution in [0.15, 0.2) is 175 Å². The summed E-state index contributed by atoms with van der Waals surface area (Å²) >= 11 is 0. The summed E-state index contributed by atoms with van der Waals surface area (Å²) < 4.78 is 0. The molecule has 0 unspecified atom stereocenters. The number of rotatable bonds is 7. The number of hydrogen-bond acceptors (Lipinski definition) is 1. The molecule has 206 valence electrons. The summed E-state index contributed by atoms with van der Waals surface area (Å²) in [7, 11) is 0. The third-order valence-electron chi connectivity index (χ3n) is 8.43. The second-order valence-corrected chi connectivity index (χ2v) is 10.9. The summed E-state index contributed by atoms with van der Waals surface area (Å²) in [5.74, 6) is 0.500. The van der Waals surface area contributed by atoms with Gasteiger partial charge in [-0.1, -0.05) is 164 Å². The smallest absolute Gasteiger partial charge is 0.131 e. The summed E-state index contributed by atoms with van der Waals surface area (Å²) in [5.41, 5.74) is 17.8. The number of allylic oxidation sites excluding steroid dienone is 1. The molecule has 0 saturated carbocycles. The van der Waals surface area contributed by atoms with Crippen LogP contribution in [0.25, 0.3) is 16.8 Å².